The van der Waals surface area contributed by atoms with E-state index in [1.54, 1.807) is 12.1 Å². The van der Waals surface area contributed by atoms with Gasteiger partial charge in [0, 0.05) is 11.1 Å². The van der Waals surface area contributed by atoms with Crippen LogP contribution < -0.4 is 11.3 Å². The second-order valence-corrected chi connectivity index (χ2v) is 5.06. The molecular formula is C17H16FN3. The van der Waals surface area contributed by atoms with Crippen molar-refractivity contribution in [3.63, 3.8) is 0 Å². The predicted molar refractivity (Wildman–Crippen MR) is 82.0 cm³/mol. The molecule has 1 aromatic heterocycles. The van der Waals surface area contributed by atoms with E-state index in [4.69, 9.17) is 5.84 Å². The number of rotatable bonds is 3. The molecule has 0 radical (unpaired) electrons. The Morgan fingerprint density at radius 2 is 1.71 bits per heavy atom. The van der Waals surface area contributed by atoms with E-state index in [1.165, 1.54) is 12.1 Å². The highest BCUT2D eigenvalue weighted by Gasteiger charge is 2.13. The second-order valence-electron chi connectivity index (χ2n) is 5.06. The molecule has 3 aromatic rings. The Morgan fingerprint density at radius 3 is 2.43 bits per heavy atom. The largest absolute Gasteiger partial charge is 0.271 e. The Balaban J connectivity index is 2.04. The summed E-state index contributed by atoms with van der Waals surface area (Å²) in [5, 5.41) is 1.06. The standard InChI is InChI=1S/C17H16FN3/c1-11-2-3-13-10-14(6-9-16(13)20-11)17(21-19)12-4-7-15(18)8-5-12/h2-10,17,21H,19H2,1H3. The number of nitrogens with two attached hydrogens (primary N) is 1. The van der Waals surface area contributed by atoms with Gasteiger partial charge in [0.05, 0.1) is 11.6 Å². The molecule has 21 heavy (non-hydrogen) atoms. The van der Waals surface area contributed by atoms with E-state index in [2.05, 4.69) is 16.5 Å². The summed E-state index contributed by atoms with van der Waals surface area (Å²) >= 11 is 0. The zero-order valence-corrected chi connectivity index (χ0v) is 11.7. The third-order valence-corrected chi connectivity index (χ3v) is 3.56. The number of halogens is 1. The SMILES string of the molecule is Cc1ccc2cc(C(NN)c3ccc(F)cc3)ccc2n1. The minimum atomic E-state index is -0.257. The average molecular weight is 281 g/mol. The van der Waals surface area contributed by atoms with E-state index in [1.807, 2.05) is 31.2 Å². The molecule has 0 saturated carbocycles. The highest BCUT2D eigenvalue weighted by Crippen LogP contribution is 2.24. The van der Waals surface area contributed by atoms with Crippen molar-refractivity contribution in [2.75, 3.05) is 0 Å². The van der Waals surface area contributed by atoms with Crippen LogP contribution in [0.3, 0.4) is 0 Å². The van der Waals surface area contributed by atoms with Crippen molar-refractivity contribution in [1.29, 1.82) is 0 Å². The molecule has 3 nitrogen and oxygen atoms in total. The third kappa shape index (κ3) is 2.77. The van der Waals surface area contributed by atoms with E-state index in [0.29, 0.717) is 0 Å². The minimum Gasteiger partial charge on any atom is -0.271 e. The first-order chi connectivity index (χ1) is 10.2. The number of benzene rings is 2. The third-order valence-electron chi connectivity index (χ3n) is 3.56. The Hall–Kier alpha value is -2.30. The minimum absolute atomic E-state index is 0.184. The summed E-state index contributed by atoms with van der Waals surface area (Å²) < 4.78 is 13.0. The Kier molecular flexibility index (Phi) is 3.64. The molecule has 2 aromatic carbocycles. The van der Waals surface area contributed by atoms with E-state index < -0.39 is 0 Å². The summed E-state index contributed by atoms with van der Waals surface area (Å²) in [6, 6.07) is 16.2. The highest BCUT2D eigenvalue weighted by molar-refractivity contribution is 5.79. The Bertz CT molecular complexity index is 769. The van der Waals surface area contributed by atoms with Gasteiger partial charge >= 0.3 is 0 Å². The maximum absolute atomic E-state index is 13.0. The zero-order valence-electron chi connectivity index (χ0n) is 11.7. The van der Waals surface area contributed by atoms with Gasteiger partial charge in [-0.15, -0.1) is 0 Å². The summed E-state index contributed by atoms with van der Waals surface area (Å²) in [7, 11) is 0. The van der Waals surface area contributed by atoms with Crippen LogP contribution in [0.15, 0.2) is 54.6 Å². The van der Waals surface area contributed by atoms with Crippen LogP contribution in [0.4, 0.5) is 4.39 Å². The van der Waals surface area contributed by atoms with E-state index in [9.17, 15) is 4.39 Å². The number of hydrogen-bond donors (Lipinski definition) is 2. The molecule has 0 aliphatic rings. The summed E-state index contributed by atoms with van der Waals surface area (Å²) in [4.78, 5) is 4.49. The molecule has 1 heterocycles. The lowest BCUT2D eigenvalue weighted by Crippen LogP contribution is -2.28. The van der Waals surface area contributed by atoms with Crippen molar-refractivity contribution in [3.8, 4) is 0 Å². The summed E-state index contributed by atoms with van der Waals surface area (Å²) in [5.41, 5.74) is 6.66. The number of aromatic nitrogens is 1. The van der Waals surface area contributed by atoms with Gasteiger partial charge in [0.25, 0.3) is 0 Å². The number of nitrogens with one attached hydrogen (secondary N) is 1. The first-order valence-corrected chi connectivity index (χ1v) is 6.76. The summed E-state index contributed by atoms with van der Waals surface area (Å²) in [6.45, 7) is 1.97. The molecule has 0 aliphatic heterocycles. The fraction of sp³-hybridized carbons (Fsp3) is 0.118. The van der Waals surface area contributed by atoms with Crippen LogP contribution in [0.25, 0.3) is 10.9 Å². The van der Waals surface area contributed by atoms with Crippen LogP contribution >= 0.6 is 0 Å². The van der Waals surface area contributed by atoms with Crippen molar-refractivity contribution in [2.24, 2.45) is 5.84 Å². The van der Waals surface area contributed by atoms with Gasteiger partial charge in [0.2, 0.25) is 0 Å². The van der Waals surface area contributed by atoms with Crippen LogP contribution in [0.5, 0.6) is 0 Å². The van der Waals surface area contributed by atoms with Gasteiger partial charge in [0.15, 0.2) is 0 Å². The lowest BCUT2D eigenvalue weighted by atomic mass is 9.98. The van der Waals surface area contributed by atoms with Gasteiger partial charge in [-0.2, -0.15) is 0 Å². The van der Waals surface area contributed by atoms with Gasteiger partial charge < -0.3 is 0 Å². The quantitative estimate of drug-likeness (QED) is 0.572. The van der Waals surface area contributed by atoms with Crippen LogP contribution in [-0.4, -0.2) is 4.98 Å². The number of pyridine rings is 1. The first-order valence-electron chi connectivity index (χ1n) is 6.76. The van der Waals surface area contributed by atoms with E-state index in [0.717, 1.165) is 27.7 Å². The average Bonchev–Trinajstić information content (AvgIpc) is 2.50. The van der Waals surface area contributed by atoms with Gasteiger partial charge in [0.1, 0.15) is 5.82 Å². The number of nitrogens with zero attached hydrogens (tertiary/aromatic N) is 1. The lowest BCUT2D eigenvalue weighted by molar-refractivity contribution is 0.616. The molecule has 0 spiro atoms. The summed E-state index contributed by atoms with van der Waals surface area (Å²) in [6.07, 6.45) is 0. The van der Waals surface area contributed by atoms with Crippen LogP contribution in [-0.2, 0) is 0 Å². The van der Waals surface area contributed by atoms with Crippen LogP contribution in [0.2, 0.25) is 0 Å². The maximum Gasteiger partial charge on any atom is 0.123 e. The zero-order chi connectivity index (χ0) is 14.8. The molecule has 106 valence electrons. The van der Waals surface area contributed by atoms with E-state index >= 15 is 0 Å². The molecule has 0 aliphatic carbocycles. The topological polar surface area (TPSA) is 50.9 Å². The van der Waals surface area contributed by atoms with Crippen molar-refractivity contribution >= 4 is 10.9 Å². The molecule has 4 heteroatoms. The smallest absolute Gasteiger partial charge is 0.123 e. The number of fused-ring (bicyclic) bond motifs is 1. The van der Waals surface area contributed by atoms with Gasteiger partial charge in [-0.05, 0) is 48.4 Å². The fourth-order valence-electron chi connectivity index (χ4n) is 2.47. The number of aryl methyl sites for hydroxylation is 1. The molecule has 3 rings (SSSR count). The molecule has 1 atom stereocenters. The molecule has 1 unspecified atom stereocenters. The maximum atomic E-state index is 13.0. The van der Waals surface area contributed by atoms with E-state index in [-0.39, 0.29) is 11.9 Å². The molecule has 3 N–H and O–H groups in total. The molecular weight excluding hydrogens is 265 g/mol. The van der Waals surface area contributed by atoms with Crippen LogP contribution in [0, 0.1) is 12.7 Å². The summed E-state index contributed by atoms with van der Waals surface area (Å²) in [5.74, 6) is 5.43. The highest BCUT2D eigenvalue weighted by atomic mass is 19.1. The Morgan fingerprint density at radius 1 is 1.00 bits per heavy atom. The lowest BCUT2D eigenvalue weighted by Gasteiger charge is -2.17. The predicted octanol–water partition coefficient (Wildman–Crippen LogP) is 3.24. The monoisotopic (exact) mass is 281 g/mol. The normalized spacial score (nSPS) is 12.5. The first kappa shape index (κ1) is 13.7. The van der Waals surface area contributed by atoms with Gasteiger partial charge in [-0.25, -0.2) is 9.82 Å². The van der Waals surface area contributed by atoms with Crippen LogP contribution in [0.1, 0.15) is 22.9 Å². The van der Waals surface area contributed by atoms with Crippen molar-refractivity contribution in [1.82, 2.24) is 10.4 Å². The number of hydrogen-bond acceptors (Lipinski definition) is 3. The second kappa shape index (κ2) is 5.60. The number of hydrazine groups is 1. The fourth-order valence-corrected chi connectivity index (χ4v) is 2.47. The van der Waals surface area contributed by atoms with Crippen molar-refractivity contribution in [3.05, 3.63) is 77.2 Å². The molecule has 0 amide bonds. The molecule has 0 saturated heterocycles. The molecule has 0 fully saturated rings. The van der Waals surface area contributed by atoms with Gasteiger partial charge in [-0.3, -0.25) is 10.8 Å². The van der Waals surface area contributed by atoms with Crippen molar-refractivity contribution in [2.45, 2.75) is 13.0 Å². The Labute approximate surface area is 122 Å². The van der Waals surface area contributed by atoms with Gasteiger partial charge in [-0.1, -0.05) is 24.3 Å². The van der Waals surface area contributed by atoms with Crippen molar-refractivity contribution < 1.29 is 4.39 Å². The molecule has 0 bridgehead atoms.